The lowest BCUT2D eigenvalue weighted by molar-refractivity contribution is 0.190. The number of rotatable bonds is 5. The second kappa shape index (κ2) is 7.23. The summed E-state index contributed by atoms with van der Waals surface area (Å²) in [4.78, 5) is 13.1. The van der Waals surface area contributed by atoms with Crippen molar-refractivity contribution in [3.63, 3.8) is 0 Å². The molecule has 1 aromatic carbocycles. The third kappa shape index (κ3) is 4.19. The van der Waals surface area contributed by atoms with E-state index in [1.807, 2.05) is 18.2 Å². The Kier molecular flexibility index (Phi) is 5.94. The van der Waals surface area contributed by atoms with Gasteiger partial charge < -0.3 is 20.1 Å². The van der Waals surface area contributed by atoms with E-state index < -0.39 is 0 Å². The molecule has 0 spiro atoms. The van der Waals surface area contributed by atoms with E-state index in [1.54, 1.807) is 14.2 Å². The van der Waals surface area contributed by atoms with Gasteiger partial charge in [0.15, 0.2) is 0 Å². The van der Waals surface area contributed by atoms with Crippen LogP contribution in [0, 0.1) is 0 Å². The van der Waals surface area contributed by atoms with Gasteiger partial charge in [-0.2, -0.15) is 0 Å². The third-order valence-electron chi connectivity index (χ3n) is 2.45. The molecule has 2 N–H and O–H groups in total. The van der Waals surface area contributed by atoms with Gasteiger partial charge in [0.2, 0.25) is 0 Å². The van der Waals surface area contributed by atoms with Gasteiger partial charge in [-0.3, -0.25) is 0 Å². The quantitative estimate of drug-likeness (QED) is 0.867. The van der Waals surface area contributed by atoms with Crippen molar-refractivity contribution in [3.8, 4) is 5.75 Å². The predicted octanol–water partition coefficient (Wildman–Crippen LogP) is 1.59. The molecule has 0 radical (unpaired) electrons. The van der Waals surface area contributed by atoms with E-state index in [9.17, 15) is 4.79 Å². The first-order valence-corrected chi connectivity index (χ1v) is 6.30. The van der Waals surface area contributed by atoms with Crippen molar-refractivity contribution in [2.75, 3.05) is 27.3 Å². The van der Waals surface area contributed by atoms with Gasteiger partial charge in [0.25, 0.3) is 0 Å². The largest absolute Gasteiger partial charge is 0.496 e. The van der Waals surface area contributed by atoms with Crippen LogP contribution < -0.4 is 10.1 Å². The zero-order valence-corrected chi connectivity index (χ0v) is 12.0. The molecule has 1 rings (SSSR count). The summed E-state index contributed by atoms with van der Waals surface area (Å²) in [5.74, 6) is 0.725. The minimum absolute atomic E-state index is 0.0515. The van der Waals surface area contributed by atoms with Gasteiger partial charge in [0.05, 0.1) is 13.7 Å². The number of halogens is 1. The van der Waals surface area contributed by atoms with Crippen LogP contribution in [-0.2, 0) is 6.54 Å². The SMILES string of the molecule is COc1ccc(Br)cc1CNC(=O)N(C)CCO. The standard InChI is InChI=1S/C12H17BrN2O3/c1-15(5-6-16)12(17)14-8-9-7-10(13)3-4-11(9)18-2/h3-4,7,16H,5-6,8H2,1-2H3,(H,14,17). The molecular formula is C12H17BrN2O3. The Morgan fingerprint density at radius 1 is 1.56 bits per heavy atom. The highest BCUT2D eigenvalue weighted by molar-refractivity contribution is 9.10. The topological polar surface area (TPSA) is 61.8 Å². The highest BCUT2D eigenvalue weighted by Gasteiger charge is 2.09. The molecule has 6 heteroatoms. The van der Waals surface area contributed by atoms with Crippen molar-refractivity contribution in [2.45, 2.75) is 6.54 Å². The molecule has 5 nitrogen and oxygen atoms in total. The third-order valence-corrected chi connectivity index (χ3v) is 2.95. The number of aliphatic hydroxyl groups excluding tert-OH is 1. The first-order chi connectivity index (χ1) is 8.58. The van der Waals surface area contributed by atoms with E-state index in [-0.39, 0.29) is 12.6 Å². The number of ether oxygens (including phenoxy) is 1. The summed E-state index contributed by atoms with van der Waals surface area (Å²) < 4.78 is 6.14. The molecule has 0 fully saturated rings. The molecule has 1 aromatic rings. The number of amides is 2. The number of hydrogen-bond acceptors (Lipinski definition) is 3. The minimum atomic E-state index is -0.230. The van der Waals surface area contributed by atoms with Crippen molar-refractivity contribution in [3.05, 3.63) is 28.2 Å². The van der Waals surface area contributed by atoms with Gasteiger partial charge in [0.1, 0.15) is 5.75 Å². The molecule has 0 saturated heterocycles. The van der Waals surface area contributed by atoms with Crippen molar-refractivity contribution in [1.82, 2.24) is 10.2 Å². The molecule has 0 unspecified atom stereocenters. The summed E-state index contributed by atoms with van der Waals surface area (Å²) in [7, 11) is 3.22. The average Bonchev–Trinajstić information content (AvgIpc) is 2.36. The molecular weight excluding hydrogens is 300 g/mol. The van der Waals surface area contributed by atoms with E-state index in [1.165, 1.54) is 4.90 Å². The Hall–Kier alpha value is -1.27. The maximum Gasteiger partial charge on any atom is 0.317 e. The van der Waals surface area contributed by atoms with Crippen LogP contribution in [-0.4, -0.2) is 43.3 Å². The van der Waals surface area contributed by atoms with Gasteiger partial charge >= 0.3 is 6.03 Å². The molecule has 0 atom stereocenters. The second-order valence-corrected chi connectivity index (χ2v) is 4.68. The monoisotopic (exact) mass is 316 g/mol. The van der Waals surface area contributed by atoms with Crippen LogP contribution >= 0.6 is 15.9 Å². The highest BCUT2D eigenvalue weighted by atomic mass is 79.9. The number of benzene rings is 1. The predicted molar refractivity (Wildman–Crippen MR) is 72.6 cm³/mol. The van der Waals surface area contributed by atoms with E-state index in [0.717, 1.165) is 15.8 Å². The number of methoxy groups -OCH3 is 1. The zero-order chi connectivity index (χ0) is 13.5. The molecule has 0 bridgehead atoms. The molecule has 0 aromatic heterocycles. The van der Waals surface area contributed by atoms with Gasteiger partial charge in [0, 0.05) is 30.2 Å². The fourth-order valence-corrected chi connectivity index (χ4v) is 1.85. The first kappa shape index (κ1) is 14.8. The lowest BCUT2D eigenvalue weighted by Gasteiger charge is -2.17. The normalized spacial score (nSPS) is 10.0. The lowest BCUT2D eigenvalue weighted by atomic mass is 10.2. The molecule has 0 aliphatic carbocycles. The first-order valence-electron chi connectivity index (χ1n) is 5.50. The van der Waals surface area contributed by atoms with Crippen LogP contribution in [0.2, 0.25) is 0 Å². The highest BCUT2D eigenvalue weighted by Crippen LogP contribution is 2.22. The van der Waals surface area contributed by atoms with E-state index in [4.69, 9.17) is 9.84 Å². The maximum atomic E-state index is 11.6. The number of nitrogens with zero attached hydrogens (tertiary/aromatic N) is 1. The summed E-state index contributed by atoms with van der Waals surface area (Å²) in [6, 6.07) is 5.38. The minimum Gasteiger partial charge on any atom is -0.496 e. The van der Waals surface area contributed by atoms with Crippen LogP contribution in [0.25, 0.3) is 0 Å². The Balaban J connectivity index is 2.62. The molecule has 0 heterocycles. The number of nitrogens with one attached hydrogen (secondary N) is 1. The molecule has 0 aliphatic rings. The summed E-state index contributed by atoms with van der Waals surface area (Å²) in [6.45, 7) is 0.628. The number of urea groups is 1. The number of carbonyl (C=O) groups excluding carboxylic acids is 1. The summed E-state index contributed by atoms with van der Waals surface area (Å²) in [5, 5.41) is 11.5. The van der Waals surface area contributed by atoms with Crippen molar-refractivity contribution in [1.29, 1.82) is 0 Å². The second-order valence-electron chi connectivity index (χ2n) is 3.76. The van der Waals surface area contributed by atoms with Gasteiger partial charge in [-0.1, -0.05) is 15.9 Å². The maximum absolute atomic E-state index is 11.6. The van der Waals surface area contributed by atoms with Crippen LogP contribution in [0.15, 0.2) is 22.7 Å². The van der Waals surface area contributed by atoms with Crippen molar-refractivity contribution in [2.24, 2.45) is 0 Å². The summed E-state index contributed by atoms with van der Waals surface area (Å²) in [6.07, 6.45) is 0. The Morgan fingerprint density at radius 3 is 2.89 bits per heavy atom. The fourth-order valence-electron chi connectivity index (χ4n) is 1.44. The Bertz CT molecular complexity index is 412. The number of aliphatic hydroxyl groups is 1. The number of carbonyl (C=O) groups is 1. The molecule has 2 amide bonds. The van der Waals surface area contributed by atoms with E-state index in [0.29, 0.717) is 13.1 Å². The summed E-state index contributed by atoms with van der Waals surface area (Å²) >= 11 is 3.37. The van der Waals surface area contributed by atoms with Crippen molar-refractivity contribution < 1.29 is 14.6 Å². The van der Waals surface area contributed by atoms with Crippen LogP contribution in [0.5, 0.6) is 5.75 Å². The van der Waals surface area contributed by atoms with Crippen LogP contribution in [0.1, 0.15) is 5.56 Å². The van der Waals surface area contributed by atoms with Crippen LogP contribution in [0.4, 0.5) is 4.79 Å². The molecule has 0 saturated carbocycles. The number of hydrogen-bond donors (Lipinski definition) is 2. The van der Waals surface area contributed by atoms with Gasteiger partial charge in [-0.25, -0.2) is 4.79 Å². The molecule has 0 aliphatic heterocycles. The average molecular weight is 317 g/mol. The van der Waals surface area contributed by atoms with Crippen LogP contribution in [0.3, 0.4) is 0 Å². The van der Waals surface area contributed by atoms with Gasteiger partial charge in [-0.15, -0.1) is 0 Å². The van der Waals surface area contributed by atoms with Gasteiger partial charge in [-0.05, 0) is 18.2 Å². The zero-order valence-electron chi connectivity index (χ0n) is 10.4. The van der Waals surface area contributed by atoms with E-state index in [2.05, 4.69) is 21.2 Å². The van der Waals surface area contributed by atoms with Crippen molar-refractivity contribution >= 4 is 22.0 Å². The molecule has 100 valence electrons. The van der Waals surface area contributed by atoms with E-state index >= 15 is 0 Å². The Labute approximate surface area is 115 Å². The Morgan fingerprint density at radius 2 is 2.28 bits per heavy atom. The fraction of sp³-hybridized carbons (Fsp3) is 0.417. The number of likely N-dealkylation sites (N-methyl/N-ethyl adjacent to an activating group) is 1. The molecule has 18 heavy (non-hydrogen) atoms. The smallest absolute Gasteiger partial charge is 0.317 e. The lowest BCUT2D eigenvalue weighted by Crippen LogP contribution is -2.38. The summed E-state index contributed by atoms with van der Waals surface area (Å²) in [5.41, 5.74) is 0.887.